The average molecular weight is 248 g/mol. The first-order valence-electron chi connectivity index (χ1n) is 7.56. The van der Waals surface area contributed by atoms with E-state index in [1.807, 2.05) is 0 Å². The zero-order chi connectivity index (χ0) is 13.6. The Morgan fingerprint density at radius 3 is 2.44 bits per heavy atom. The SMILES string of the molecule is CCC1C2=C(CCCC2(C)C)CCC1(C)C(C)=O. The van der Waals surface area contributed by atoms with E-state index in [-0.39, 0.29) is 5.41 Å². The quantitative estimate of drug-likeness (QED) is 0.635. The molecule has 2 rings (SSSR count). The zero-order valence-corrected chi connectivity index (χ0v) is 12.7. The molecule has 2 aliphatic carbocycles. The highest BCUT2D eigenvalue weighted by molar-refractivity contribution is 5.83. The molecule has 0 heterocycles. The number of carbonyl (C=O) groups is 1. The lowest BCUT2D eigenvalue weighted by Crippen LogP contribution is -2.43. The predicted octanol–water partition coefficient (Wildman–Crippen LogP) is 4.91. The Balaban J connectivity index is 2.50. The van der Waals surface area contributed by atoms with Gasteiger partial charge in [-0.25, -0.2) is 0 Å². The van der Waals surface area contributed by atoms with Crippen LogP contribution >= 0.6 is 0 Å². The first-order valence-corrected chi connectivity index (χ1v) is 7.56. The van der Waals surface area contributed by atoms with E-state index in [1.165, 1.54) is 19.3 Å². The van der Waals surface area contributed by atoms with E-state index in [0.29, 0.717) is 17.1 Å². The van der Waals surface area contributed by atoms with E-state index in [2.05, 4.69) is 27.7 Å². The topological polar surface area (TPSA) is 17.1 Å². The fourth-order valence-corrected chi connectivity index (χ4v) is 4.45. The third-order valence-electron chi connectivity index (χ3n) is 5.67. The van der Waals surface area contributed by atoms with E-state index in [0.717, 1.165) is 19.3 Å². The number of allylic oxidation sites excluding steroid dienone is 2. The van der Waals surface area contributed by atoms with E-state index in [4.69, 9.17) is 0 Å². The molecule has 0 spiro atoms. The highest BCUT2D eigenvalue weighted by atomic mass is 16.1. The second kappa shape index (κ2) is 4.51. The maximum Gasteiger partial charge on any atom is 0.136 e. The van der Waals surface area contributed by atoms with Gasteiger partial charge in [-0.1, -0.05) is 38.8 Å². The van der Waals surface area contributed by atoms with Gasteiger partial charge in [0.15, 0.2) is 0 Å². The average Bonchev–Trinajstić information content (AvgIpc) is 2.29. The van der Waals surface area contributed by atoms with Crippen molar-refractivity contribution in [2.45, 2.75) is 73.1 Å². The van der Waals surface area contributed by atoms with Crippen LogP contribution < -0.4 is 0 Å². The summed E-state index contributed by atoms with van der Waals surface area (Å²) >= 11 is 0. The first-order chi connectivity index (χ1) is 8.33. The van der Waals surface area contributed by atoms with Crippen molar-refractivity contribution in [1.29, 1.82) is 0 Å². The summed E-state index contributed by atoms with van der Waals surface area (Å²) in [6, 6.07) is 0. The summed E-state index contributed by atoms with van der Waals surface area (Å²) in [6.07, 6.45) is 7.23. The standard InChI is InChI=1S/C17H28O/c1-6-14-15-13(8-7-10-16(15,3)4)9-11-17(14,5)12(2)18/h14H,6-11H2,1-5H3. The van der Waals surface area contributed by atoms with Crippen LogP contribution in [0.2, 0.25) is 0 Å². The summed E-state index contributed by atoms with van der Waals surface area (Å²) in [5.74, 6) is 0.872. The molecule has 0 saturated heterocycles. The van der Waals surface area contributed by atoms with Crippen molar-refractivity contribution in [3.8, 4) is 0 Å². The van der Waals surface area contributed by atoms with Crippen LogP contribution in [-0.2, 0) is 4.79 Å². The minimum absolute atomic E-state index is 0.109. The Morgan fingerprint density at radius 2 is 1.89 bits per heavy atom. The number of Topliss-reactive ketones (excluding diaryl/α,β-unsaturated/α-hetero) is 1. The second-order valence-corrected chi connectivity index (χ2v) is 7.19. The lowest BCUT2D eigenvalue weighted by atomic mass is 9.54. The molecule has 0 amide bonds. The monoisotopic (exact) mass is 248 g/mol. The Kier molecular flexibility index (Phi) is 3.46. The molecule has 0 radical (unpaired) electrons. The summed E-state index contributed by atoms with van der Waals surface area (Å²) in [4.78, 5) is 12.2. The van der Waals surface area contributed by atoms with Crippen molar-refractivity contribution in [2.75, 3.05) is 0 Å². The lowest BCUT2D eigenvalue weighted by Gasteiger charge is -2.49. The second-order valence-electron chi connectivity index (χ2n) is 7.19. The Morgan fingerprint density at radius 1 is 1.22 bits per heavy atom. The molecule has 102 valence electrons. The van der Waals surface area contributed by atoms with Gasteiger partial charge < -0.3 is 0 Å². The van der Waals surface area contributed by atoms with Crippen LogP contribution in [0.4, 0.5) is 0 Å². The molecule has 1 heteroatoms. The van der Waals surface area contributed by atoms with Crippen molar-refractivity contribution < 1.29 is 4.79 Å². The molecule has 0 aliphatic heterocycles. The molecule has 0 aromatic rings. The van der Waals surface area contributed by atoms with Gasteiger partial charge in [0.2, 0.25) is 0 Å². The molecule has 2 unspecified atom stereocenters. The Labute approximate surface area is 112 Å². The summed E-state index contributed by atoms with van der Waals surface area (Å²) in [5.41, 5.74) is 3.55. The molecule has 0 bridgehead atoms. The number of hydrogen-bond donors (Lipinski definition) is 0. The van der Waals surface area contributed by atoms with E-state index < -0.39 is 0 Å². The van der Waals surface area contributed by atoms with Crippen LogP contribution in [-0.4, -0.2) is 5.78 Å². The maximum atomic E-state index is 12.2. The van der Waals surface area contributed by atoms with Crippen molar-refractivity contribution in [2.24, 2.45) is 16.7 Å². The smallest absolute Gasteiger partial charge is 0.136 e. The minimum atomic E-state index is -0.109. The van der Waals surface area contributed by atoms with Gasteiger partial charge in [-0.15, -0.1) is 0 Å². The van der Waals surface area contributed by atoms with E-state index >= 15 is 0 Å². The van der Waals surface area contributed by atoms with Crippen LogP contribution in [0.1, 0.15) is 73.1 Å². The van der Waals surface area contributed by atoms with Gasteiger partial charge in [0, 0.05) is 5.41 Å². The molecule has 18 heavy (non-hydrogen) atoms. The molecular formula is C17H28O. The molecular weight excluding hydrogens is 220 g/mol. The molecule has 0 saturated carbocycles. The largest absolute Gasteiger partial charge is 0.299 e. The third-order valence-corrected chi connectivity index (χ3v) is 5.67. The van der Waals surface area contributed by atoms with Crippen LogP contribution in [0.25, 0.3) is 0 Å². The summed E-state index contributed by atoms with van der Waals surface area (Å²) in [5, 5.41) is 0. The normalized spacial score (nSPS) is 35.3. The first kappa shape index (κ1) is 13.8. The van der Waals surface area contributed by atoms with Crippen LogP contribution in [0.5, 0.6) is 0 Å². The number of carbonyl (C=O) groups excluding carboxylic acids is 1. The van der Waals surface area contributed by atoms with Gasteiger partial charge in [0.25, 0.3) is 0 Å². The summed E-state index contributed by atoms with van der Waals surface area (Å²) in [6.45, 7) is 11.0. The van der Waals surface area contributed by atoms with Gasteiger partial charge in [0.1, 0.15) is 5.78 Å². The van der Waals surface area contributed by atoms with Gasteiger partial charge in [-0.05, 0) is 56.8 Å². The fraction of sp³-hybridized carbons (Fsp3) is 0.824. The fourth-order valence-electron chi connectivity index (χ4n) is 4.45. The van der Waals surface area contributed by atoms with Gasteiger partial charge in [-0.3, -0.25) is 4.79 Å². The molecule has 2 aliphatic rings. The Bertz CT molecular complexity index is 388. The molecule has 0 aromatic carbocycles. The number of rotatable bonds is 2. The molecule has 0 aromatic heterocycles. The zero-order valence-electron chi connectivity index (χ0n) is 12.7. The van der Waals surface area contributed by atoms with E-state index in [1.54, 1.807) is 18.1 Å². The highest BCUT2D eigenvalue weighted by Crippen LogP contribution is 2.56. The van der Waals surface area contributed by atoms with Crippen LogP contribution in [0.15, 0.2) is 11.1 Å². The number of ketones is 1. The molecule has 0 N–H and O–H groups in total. The Hall–Kier alpha value is -0.590. The summed E-state index contributed by atoms with van der Waals surface area (Å²) in [7, 11) is 0. The van der Waals surface area contributed by atoms with Crippen molar-refractivity contribution in [3.63, 3.8) is 0 Å². The lowest BCUT2D eigenvalue weighted by molar-refractivity contribution is -0.129. The molecule has 0 fully saturated rings. The predicted molar refractivity (Wildman–Crippen MR) is 76.5 cm³/mol. The van der Waals surface area contributed by atoms with Crippen molar-refractivity contribution >= 4 is 5.78 Å². The third kappa shape index (κ3) is 1.96. The highest BCUT2D eigenvalue weighted by Gasteiger charge is 2.47. The minimum Gasteiger partial charge on any atom is -0.299 e. The van der Waals surface area contributed by atoms with Crippen molar-refractivity contribution in [3.05, 3.63) is 11.1 Å². The molecule has 2 atom stereocenters. The van der Waals surface area contributed by atoms with Gasteiger partial charge >= 0.3 is 0 Å². The number of hydrogen-bond acceptors (Lipinski definition) is 1. The molecule has 1 nitrogen and oxygen atoms in total. The van der Waals surface area contributed by atoms with Crippen LogP contribution in [0.3, 0.4) is 0 Å². The van der Waals surface area contributed by atoms with Gasteiger partial charge in [0.05, 0.1) is 0 Å². The summed E-state index contributed by atoms with van der Waals surface area (Å²) < 4.78 is 0. The maximum absolute atomic E-state index is 12.2. The van der Waals surface area contributed by atoms with E-state index in [9.17, 15) is 4.79 Å². The van der Waals surface area contributed by atoms with Crippen LogP contribution in [0, 0.1) is 16.7 Å². The van der Waals surface area contributed by atoms with Gasteiger partial charge in [-0.2, -0.15) is 0 Å². The van der Waals surface area contributed by atoms with Crippen molar-refractivity contribution in [1.82, 2.24) is 0 Å².